The number of nitrogens with one attached hydrogen (secondary N) is 1. The molecule has 0 aliphatic rings. The number of allylic oxidation sites excluding steroid dienone is 2. The van der Waals surface area contributed by atoms with Gasteiger partial charge in [0.15, 0.2) is 0 Å². The molecule has 1 heteroatoms. The second-order valence-electron chi connectivity index (χ2n) is 1.47. The van der Waals surface area contributed by atoms with Crippen LogP contribution in [0.4, 0.5) is 0 Å². The van der Waals surface area contributed by atoms with E-state index < -0.39 is 0 Å². The van der Waals surface area contributed by atoms with Crippen molar-refractivity contribution in [1.82, 2.24) is 5.32 Å². The first kappa shape index (κ1) is 16.7. The van der Waals surface area contributed by atoms with Crippen molar-refractivity contribution in [1.29, 1.82) is 0 Å². The van der Waals surface area contributed by atoms with Crippen molar-refractivity contribution >= 4 is 0 Å². The van der Waals surface area contributed by atoms with Crippen LogP contribution in [0.2, 0.25) is 0 Å². The molecule has 0 unspecified atom stereocenters. The SMILES string of the molecule is C=C(C)/C=C\NC.CC.CC. The quantitative estimate of drug-likeness (QED) is 0.606. The molecule has 0 aromatic heterocycles. The van der Waals surface area contributed by atoms with E-state index in [0.29, 0.717) is 0 Å². The van der Waals surface area contributed by atoms with Crippen LogP contribution in [0.15, 0.2) is 24.4 Å². The fourth-order valence-corrected chi connectivity index (χ4v) is 0.226. The fraction of sp³-hybridized carbons (Fsp3) is 0.600. The summed E-state index contributed by atoms with van der Waals surface area (Å²) in [4.78, 5) is 0. The average molecular weight is 157 g/mol. The van der Waals surface area contributed by atoms with Crippen LogP contribution >= 0.6 is 0 Å². The molecule has 0 rings (SSSR count). The predicted molar refractivity (Wildman–Crippen MR) is 55.7 cm³/mol. The zero-order chi connectivity index (χ0) is 9.70. The minimum Gasteiger partial charge on any atom is -0.394 e. The summed E-state index contributed by atoms with van der Waals surface area (Å²) in [6.45, 7) is 13.6. The Hall–Kier alpha value is -0.720. The van der Waals surface area contributed by atoms with Gasteiger partial charge in [-0.2, -0.15) is 0 Å². The van der Waals surface area contributed by atoms with E-state index in [0.717, 1.165) is 5.57 Å². The van der Waals surface area contributed by atoms with E-state index in [4.69, 9.17) is 0 Å². The van der Waals surface area contributed by atoms with Gasteiger partial charge in [-0.15, -0.1) is 0 Å². The Morgan fingerprint density at radius 2 is 1.55 bits per heavy atom. The summed E-state index contributed by atoms with van der Waals surface area (Å²) in [5.41, 5.74) is 1.06. The molecular formula is C10H23N. The van der Waals surface area contributed by atoms with Crippen molar-refractivity contribution in [3.05, 3.63) is 24.4 Å². The molecule has 0 atom stereocenters. The Morgan fingerprint density at radius 3 is 1.64 bits per heavy atom. The molecule has 0 fully saturated rings. The minimum atomic E-state index is 1.06. The predicted octanol–water partition coefficient (Wildman–Crippen LogP) is 3.35. The van der Waals surface area contributed by atoms with Crippen LogP contribution in [0.3, 0.4) is 0 Å². The zero-order valence-electron chi connectivity index (χ0n) is 8.86. The van der Waals surface area contributed by atoms with Gasteiger partial charge in [-0.3, -0.25) is 0 Å². The third-order valence-corrected chi connectivity index (χ3v) is 0.535. The number of rotatable bonds is 2. The highest BCUT2D eigenvalue weighted by Gasteiger charge is 1.66. The maximum absolute atomic E-state index is 3.67. The van der Waals surface area contributed by atoms with Gasteiger partial charge in [0.1, 0.15) is 0 Å². The number of hydrogen-bond donors (Lipinski definition) is 1. The van der Waals surface area contributed by atoms with Gasteiger partial charge in [-0.05, 0) is 19.2 Å². The molecule has 0 amide bonds. The molecule has 11 heavy (non-hydrogen) atoms. The highest BCUT2D eigenvalue weighted by molar-refractivity contribution is 5.09. The Labute approximate surface area is 72.2 Å². The molecule has 1 nitrogen and oxygen atoms in total. The van der Waals surface area contributed by atoms with E-state index in [1.165, 1.54) is 0 Å². The van der Waals surface area contributed by atoms with Crippen molar-refractivity contribution < 1.29 is 0 Å². The maximum Gasteiger partial charge on any atom is 0.00277 e. The summed E-state index contributed by atoms with van der Waals surface area (Å²) >= 11 is 0. The fourth-order valence-electron chi connectivity index (χ4n) is 0.226. The smallest absolute Gasteiger partial charge is 0.00277 e. The first-order valence-corrected chi connectivity index (χ1v) is 4.26. The van der Waals surface area contributed by atoms with Gasteiger partial charge in [-0.1, -0.05) is 39.8 Å². The largest absolute Gasteiger partial charge is 0.394 e. The molecule has 0 saturated carbocycles. The Bertz CT molecular complexity index is 82.9. The van der Waals surface area contributed by atoms with E-state index in [-0.39, 0.29) is 0 Å². The molecular weight excluding hydrogens is 134 g/mol. The summed E-state index contributed by atoms with van der Waals surface area (Å²) in [5.74, 6) is 0. The van der Waals surface area contributed by atoms with E-state index in [1.54, 1.807) is 0 Å². The summed E-state index contributed by atoms with van der Waals surface area (Å²) in [7, 11) is 1.86. The zero-order valence-corrected chi connectivity index (χ0v) is 8.86. The number of hydrogen-bond acceptors (Lipinski definition) is 1. The lowest BCUT2D eigenvalue weighted by Gasteiger charge is -1.83. The lowest BCUT2D eigenvalue weighted by atomic mass is 10.3. The van der Waals surface area contributed by atoms with E-state index in [2.05, 4.69) is 11.9 Å². The average Bonchev–Trinajstić information content (AvgIpc) is 2.08. The molecule has 0 aliphatic carbocycles. The monoisotopic (exact) mass is 157 g/mol. The van der Waals surface area contributed by atoms with Crippen LogP contribution < -0.4 is 5.32 Å². The van der Waals surface area contributed by atoms with Crippen molar-refractivity contribution in [2.24, 2.45) is 0 Å². The second kappa shape index (κ2) is 22.8. The molecule has 1 N–H and O–H groups in total. The normalized spacial score (nSPS) is 7.09. The summed E-state index contributed by atoms with van der Waals surface area (Å²) < 4.78 is 0. The van der Waals surface area contributed by atoms with Gasteiger partial charge >= 0.3 is 0 Å². The lowest BCUT2D eigenvalue weighted by Crippen LogP contribution is -1.90. The van der Waals surface area contributed by atoms with Crippen LogP contribution in [0.5, 0.6) is 0 Å². The molecule has 0 aliphatic heterocycles. The van der Waals surface area contributed by atoms with Crippen molar-refractivity contribution in [3.8, 4) is 0 Å². The van der Waals surface area contributed by atoms with Crippen LogP contribution in [0.1, 0.15) is 34.6 Å². The third kappa shape index (κ3) is 45.7. The van der Waals surface area contributed by atoms with Crippen molar-refractivity contribution in [2.45, 2.75) is 34.6 Å². The van der Waals surface area contributed by atoms with Gasteiger partial charge < -0.3 is 5.32 Å². The minimum absolute atomic E-state index is 1.06. The van der Waals surface area contributed by atoms with Gasteiger partial charge in [-0.25, -0.2) is 0 Å². The van der Waals surface area contributed by atoms with Gasteiger partial charge in [0.05, 0.1) is 0 Å². The maximum atomic E-state index is 3.67. The van der Waals surface area contributed by atoms with Crippen molar-refractivity contribution in [3.63, 3.8) is 0 Å². The molecule has 0 radical (unpaired) electrons. The summed E-state index contributed by atoms with van der Waals surface area (Å²) in [6.07, 6.45) is 3.77. The first-order valence-electron chi connectivity index (χ1n) is 4.26. The molecule has 0 bridgehead atoms. The van der Waals surface area contributed by atoms with Crippen LogP contribution in [-0.2, 0) is 0 Å². The van der Waals surface area contributed by atoms with E-state index >= 15 is 0 Å². The van der Waals surface area contributed by atoms with Crippen LogP contribution in [-0.4, -0.2) is 7.05 Å². The Kier molecular flexibility index (Phi) is 34.7. The Balaban J connectivity index is -0.000000138. The second-order valence-corrected chi connectivity index (χ2v) is 1.47. The molecule has 0 heterocycles. The van der Waals surface area contributed by atoms with E-state index in [1.807, 2.05) is 53.9 Å². The van der Waals surface area contributed by atoms with Gasteiger partial charge in [0, 0.05) is 7.05 Å². The Morgan fingerprint density at radius 1 is 1.18 bits per heavy atom. The molecule has 0 spiro atoms. The van der Waals surface area contributed by atoms with Crippen molar-refractivity contribution in [2.75, 3.05) is 7.05 Å². The first-order chi connectivity index (χ1) is 5.27. The lowest BCUT2D eigenvalue weighted by molar-refractivity contribution is 1.10. The summed E-state index contributed by atoms with van der Waals surface area (Å²) in [5, 5.41) is 2.86. The molecule has 0 aromatic carbocycles. The molecule has 0 saturated heterocycles. The highest BCUT2D eigenvalue weighted by Crippen LogP contribution is 1.84. The van der Waals surface area contributed by atoms with Crippen LogP contribution in [0.25, 0.3) is 0 Å². The highest BCUT2D eigenvalue weighted by atomic mass is 14.8. The summed E-state index contributed by atoms with van der Waals surface area (Å²) in [6, 6.07) is 0. The molecule has 0 aromatic rings. The topological polar surface area (TPSA) is 12.0 Å². The third-order valence-electron chi connectivity index (χ3n) is 0.535. The van der Waals surface area contributed by atoms with Gasteiger partial charge in [0.25, 0.3) is 0 Å². The van der Waals surface area contributed by atoms with Crippen LogP contribution in [0, 0.1) is 0 Å². The van der Waals surface area contributed by atoms with E-state index in [9.17, 15) is 0 Å². The molecule has 68 valence electrons. The van der Waals surface area contributed by atoms with Gasteiger partial charge in [0.2, 0.25) is 0 Å². The standard InChI is InChI=1S/C6H11N.2C2H6/c1-6(2)4-5-7-3;2*1-2/h4-5,7H,1H2,2-3H3;2*1-2H3/b5-4-;;.